The van der Waals surface area contributed by atoms with E-state index in [0.717, 1.165) is 4.88 Å². The Kier molecular flexibility index (Phi) is 2.11. The highest BCUT2D eigenvalue weighted by Crippen LogP contribution is 2.23. The Bertz CT molecular complexity index is 281. The first-order valence-corrected chi connectivity index (χ1v) is 3.85. The molecule has 0 aliphatic heterocycles. The highest BCUT2D eigenvalue weighted by Gasteiger charge is 2.09. The Morgan fingerprint density at radius 1 is 1.64 bits per heavy atom. The molecule has 11 heavy (non-hydrogen) atoms. The van der Waals surface area contributed by atoms with Crippen molar-refractivity contribution in [1.82, 2.24) is 0 Å². The molecule has 0 fully saturated rings. The molecule has 4 nitrogen and oxygen atoms in total. The molecule has 0 saturated heterocycles. The maximum Gasteiger partial charge on any atom is 0.251 e. The van der Waals surface area contributed by atoms with Crippen molar-refractivity contribution in [1.29, 1.82) is 0 Å². The van der Waals surface area contributed by atoms with Crippen LogP contribution in [0.3, 0.4) is 0 Å². The number of anilines is 1. The van der Waals surface area contributed by atoms with Gasteiger partial charge in [0.1, 0.15) is 0 Å². The lowest BCUT2D eigenvalue weighted by Gasteiger charge is -1.88. The van der Waals surface area contributed by atoms with Crippen LogP contribution in [0, 0.1) is 0 Å². The SMILES string of the molecule is NCc1cc(C(N)=O)c(N)s1. The molecule has 0 atom stereocenters. The minimum absolute atomic E-state index is 0.371. The Hall–Kier alpha value is -1.07. The van der Waals surface area contributed by atoms with E-state index in [9.17, 15) is 4.79 Å². The quantitative estimate of drug-likeness (QED) is 0.579. The largest absolute Gasteiger partial charge is 0.390 e. The van der Waals surface area contributed by atoms with Crippen LogP contribution in [0.15, 0.2) is 6.07 Å². The van der Waals surface area contributed by atoms with Crippen molar-refractivity contribution in [2.24, 2.45) is 11.5 Å². The van der Waals surface area contributed by atoms with E-state index >= 15 is 0 Å². The monoisotopic (exact) mass is 171 g/mol. The fraction of sp³-hybridized carbons (Fsp3) is 0.167. The lowest BCUT2D eigenvalue weighted by molar-refractivity contribution is 0.100. The van der Waals surface area contributed by atoms with Crippen LogP contribution < -0.4 is 17.2 Å². The van der Waals surface area contributed by atoms with E-state index in [1.165, 1.54) is 11.3 Å². The third-order valence-corrected chi connectivity index (χ3v) is 2.27. The average molecular weight is 171 g/mol. The lowest BCUT2D eigenvalue weighted by Crippen LogP contribution is -2.11. The normalized spacial score (nSPS) is 9.91. The number of carbonyl (C=O) groups is 1. The van der Waals surface area contributed by atoms with Crippen LogP contribution >= 0.6 is 11.3 Å². The molecular weight excluding hydrogens is 162 g/mol. The maximum atomic E-state index is 10.7. The first kappa shape index (κ1) is 8.03. The van der Waals surface area contributed by atoms with E-state index in [2.05, 4.69) is 0 Å². The zero-order valence-corrected chi connectivity index (χ0v) is 6.65. The molecule has 0 saturated carbocycles. The molecule has 0 aliphatic carbocycles. The van der Waals surface area contributed by atoms with E-state index in [-0.39, 0.29) is 0 Å². The van der Waals surface area contributed by atoms with Gasteiger partial charge in [0.05, 0.1) is 10.6 Å². The second-order valence-corrected chi connectivity index (χ2v) is 3.23. The van der Waals surface area contributed by atoms with Gasteiger partial charge in [0, 0.05) is 11.4 Å². The third-order valence-electron chi connectivity index (χ3n) is 1.28. The van der Waals surface area contributed by atoms with Crippen LogP contribution in [-0.2, 0) is 6.54 Å². The zero-order valence-electron chi connectivity index (χ0n) is 5.83. The van der Waals surface area contributed by atoms with Crippen LogP contribution in [0.4, 0.5) is 5.00 Å². The summed E-state index contributed by atoms with van der Waals surface area (Å²) in [6.07, 6.45) is 0. The molecule has 0 bridgehead atoms. The number of nitrogen functional groups attached to an aromatic ring is 1. The molecule has 1 rings (SSSR count). The van der Waals surface area contributed by atoms with Crippen molar-refractivity contribution in [2.45, 2.75) is 6.54 Å². The van der Waals surface area contributed by atoms with Crippen molar-refractivity contribution in [2.75, 3.05) is 5.73 Å². The summed E-state index contributed by atoms with van der Waals surface area (Å²) < 4.78 is 0. The van der Waals surface area contributed by atoms with Crippen LogP contribution in [0.1, 0.15) is 15.2 Å². The predicted molar refractivity (Wildman–Crippen MR) is 45.1 cm³/mol. The molecule has 0 radical (unpaired) electrons. The molecule has 6 N–H and O–H groups in total. The van der Waals surface area contributed by atoms with Crippen molar-refractivity contribution < 1.29 is 4.79 Å². The molecule has 0 unspecified atom stereocenters. The number of rotatable bonds is 2. The highest BCUT2D eigenvalue weighted by atomic mass is 32.1. The molecule has 0 aromatic carbocycles. The predicted octanol–water partition coefficient (Wildman–Crippen LogP) is -0.112. The van der Waals surface area contributed by atoms with Gasteiger partial charge in [0.15, 0.2) is 0 Å². The molecule has 0 aliphatic rings. The van der Waals surface area contributed by atoms with Gasteiger partial charge >= 0.3 is 0 Å². The van der Waals surface area contributed by atoms with E-state index in [0.29, 0.717) is 17.1 Å². The summed E-state index contributed by atoms with van der Waals surface area (Å²) in [5.74, 6) is -0.501. The average Bonchev–Trinajstić information content (AvgIpc) is 2.30. The number of carbonyl (C=O) groups excluding carboxylic acids is 1. The van der Waals surface area contributed by atoms with Crippen molar-refractivity contribution in [3.63, 3.8) is 0 Å². The van der Waals surface area contributed by atoms with E-state index in [1.807, 2.05) is 0 Å². The van der Waals surface area contributed by atoms with Crippen LogP contribution in [-0.4, -0.2) is 5.91 Å². The van der Waals surface area contributed by atoms with Crippen molar-refractivity contribution >= 4 is 22.2 Å². The van der Waals surface area contributed by atoms with E-state index < -0.39 is 5.91 Å². The number of primary amides is 1. The fourth-order valence-corrected chi connectivity index (χ4v) is 1.56. The first-order valence-electron chi connectivity index (χ1n) is 3.03. The molecule has 1 heterocycles. The highest BCUT2D eigenvalue weighted by molar-refractivity contribution is 7.16. The van der Waals surface area contributed by atoms with Gasteiger partial charge < -0.3 is 17.2 Å². The lowest BCUT2D eigenvalue weighted by atomic mass is 10.3. The third kappa shape index (κ3) is 1.50. The van der Waals surface area contributed by atoms with Crippen LogP contribution in [0.2, 0.25) is 0 Å². The second-order valence-electron chi connectivity index (χ2n) is 2.06. The van der Waals surface area contributed by atoms with E-state index in [1.54, 1.807) is 6.07 Å². The molecule has 1 aromatic rings. The van der Waals surface area contributed by atoms with Gasteiger partial charge in [-0.25, -0.2) is 0 Å². The smallest absolute Gasteiger partial charge is 0.251 e. The van der Waals surface area contributed by atoms with E-state index in [4.69, 9.17) is 17.2 Å². The van der Waals surface area contributed by atoms with Gasteiger partial charge in [-0.05, 0) is 6.07 Å². The van der Waals surface area contributed by atoms with Crippen LogP contribution in [0.5, 0.6) is 0 Å². The van der Waals surface area contributed by atoms with Gasteiger partial charge in [0.2, 0.25) is 0 Å². The Morgan fingerprint density at radius 2 is 2.27 bits per heavy atom. The minimum atomic E-state index is -0.501. The van der Waals surface area contributed by atoms with Gasteiger partial charge in [0.25, 0.3) is 5.91 Å². The maximum absolute atomic E-state index is 10.7. The summed E-state index contributed by atoms with van der Waals surface area (Å²) in [6.45, 7) is 0.391. The van der Waals surface area contributed by atoms with Gasteiger partial charge in [-0.2, -0.15) is 0 Å². The van der Waals surface area contributed by atoms with Crippen LogP contribution in [0.25, 0.3) is 0 Å². The Morgan fingerprint density at radius 3 is 2.55 bits per heavy atom. The fourth-order valence-electron chi connectivity index (χ4n) is 0.751. The molecule has 5 heteroatoms. The minimum Gasteiger partial charge on any atom is -0.390 e. The first-order chi connectivity index (χ1) is 5.15. The number of amides is 1. The Balaban J connectivity index is 3.07. The molecule has 60 valence electrons. The molecule has 1 amide bonds. The van der Waals surface area contributed by atoms with Crippen molar-refractivity contribution in [3.8, 4) is 0 Å². The standard InChI is InChI=1S/C6H9N3OS/c7-2-3-1-4(5(8)10)6(9)11-3/h1H,2,7,9H2,(H2,8,10). The van der Waals surface area contributed by atoms with Gasteiger partial charge in [-0.3, -0.25) is 4.79 Å². The molecule has 0 spiro atoms. The summed E-state index contributed by atoms with van der Waals surface area (Å²) >= 11 is 1.29. The zero-order chi connectivity index (χ0) is 8.43. The summed E-state index contributed by atoms with van der Waals surface area (Å²) in [7, 11) is 0. The summed E-state index contributed by atoms with van der Waals surface area (Å²) in [5.41, 5.74) is 16.2. The van der Waals surface area contributed by atoms with Gasteiger partial charge in [-0.15, -0.1) is 11.3 Å². The number of thiophene rings is 1. The number of nitrogens with two attached hydrogens (primary N) is 3. The number of hydrogen-bond acceptors (Lipinski definition) is 4. The van der Waals surface area contributed by atoms with Gasteiger partial charge in [-0.1, -0.05) is 0 Å². The summed E-state index contributed by atoms with van der Waals surface area (Å²) in [5, 5.41) is 0.443. The molecular formula is C6H9N3OS. The molecule has 1 aromatic heterocycles. The Labute approximate surface area is 68.0 Å². The summed E-state index contributed by atoms with van der Waals surface area (Å²) in [6, 6.07) is 1.63. The second kappa shape index (κ2) is 2.89. The topological polar surface area (TPSA) is 95.1 Å². The summed E-state index contributed by atoms with van der Waals surface area (Å²) in [4.78, 5) is 11.5. The van der Waals surface area contributed by atoms with Crippen molar-refractivity contribution in [3.05, 3.63) is 16.5 Å². The number of hydrogen-bond donors (Lipinski definition) is 3.